The fourth-order valence-electron chi connectivity index (χ4n) is 3.59. The van der Waals surface area contributed by atoms with E-state index in [1.54, 1.807) is 6.07 Å². The minimum absolute atomic E-state index is 0.153. The summed E-state index contributed by atoms with van der Waals surface area (Å²) in [7, 11) is 1.33. The number of thioether (sulfide) groups is 1. The van der Waals surface area contributed by atoms with Gasteiger partial charge in [0.05, 0.1) is 16.9 Å². The number of carbonyl (C=O) groups excluding carboxylic acids is 1. The summed E-state index contributed by atoms with van der Waals surface area (Å²) < 4.78 is 80.1. The molecule has 0 saturated carbocycles. The van der Waals surface area contributed by atoms with Crippen LogP contribution in [0.2, 0.25) is 0 Å². The standard InChI is InChI=1S/C24H22F6N4O2S/c1-4-34-18(24(28,29)30)12-16(19(31-3)22(34)36)33-21(35)20-17(37-5-2)11-10-15(32-20)13-6-8-14(9-7-13)23(25,26)27/h6-12,31H,4-5H2,1-3H3,(H,33,35). The second-order valence-electron chi connectivity index (χ2n) is 7.62. The molecule has 0 aliphatic carbocycles. The van der Waals surface area contributed by atoms with E-state index in [1.807, 2.05) is 6.92 Å². The number of carbonyl (C=O) groups is 1. The van der Waals surface area contributed by atoms with Crippen LogP contribution < -0.4 is 16.2 Å². The molecule has 1 amide bonds. The van der Waals surface area contributed by atoms with Crippen molar-refractivity contribution >= 4 is 29.0 Å². The van der Waals surface area contributed by atoms with Crippen LogP contribution in [-0.4, -0.2) is 28.3 Å². The topological polar surface area (TPSA) is 76.0 Å². The lowest BCUT2D eigenvalue weighted by Gasteiger charge is -2.19. The van der Waals surface area contributed by atoms with E-state index in [0.717, 1.165) is 12.1 Å². The third kappa shape index (κ3) is 6.09. The van der Waals surface area contributed by atoms with Gasteiger partial charge in [-0.1, -0.05) is 19.1 Å². The van der Waals surface area contributed by atoms with Gasteiger partial charge < -0.3 is 15.2 Å². The first-order valence-corrected chi connectivity index (χ1v) is 12.0. The van der Waals surface area contributed by atoms with Crippen LogP contribution in [0.25, 0.3) is 11.3 Å². The number of amides is 1. The highest BCUT2D eigenvalue weighted by molar-refractivity contribution is 7.99. The average Bonchev–Trinajstić information content (AvgIpc) is 2.83. The number of aromatic nitrogens is 2. The van der Waals surface area contributed by atoms with Gasteiger partial charge in [0.2, 0.25) is 0 Å². The zero-order valence-electron chi connectivity index (χ0n) is 19.8. The molecule has 0 aliphatic heterocycles. The maximum atomic E-state index is 13.6. The summed E-state index contributed by atoms with van der Waals surface area (Å²) in [4.78, 5) is 30.6. The molecule has 6 nitrogen and oxygen atoms in total. The first kappa shape index (κ1) is 28.1. The predicted octanol–water partition coefficient (Wildman–Crippen LogP) is 6.37. The Morgan fingerprint density at radius 3 is 2.16 bits per heavy atom. The Morgan fingerprint density at radius 1 is 1.00 bits per heavy atom. The first-order chi connectivity index (χ1) is 17.3. The number of hydrogen-bond donors (Lipinski definition) is 2. The second kappa shape index (κ2) is 10.9. The molecule has 198 valence electrons. The Hall–Kier alpha value is -3.48. The van der Waals surface area contributed by atoms with E-state index >= 15 is 0 Å². The molecule has 3 rings (SSSR count). The smallest absolute Gasteiger partial charge is 0.382 e. The minimum atomic E-state index is -4.86. The molecule has 0 aliphatic rings. The molecule has 0 atom stereocenters. The molecule has 0 saturated heterocycles. The molecular formula is C24H22F6N4O2S. The predicted molar refractivity (Wildman–Crippen MR) is 130 cm³/mol. The van der Waals surface area contributed by atoms with Crippen LogP contribution in [0.4, 0.5) is 37.7 Å². The molecule has 0 fully saturated rings. The molecule has 0 unspecified atom stereocenters. The molecule has 0 bridgehead atoms. The molecular weight excluding hydrogens is 522 g/mol. The number of alkyl halides is 6. The van der Waals surface area contributed by atoms with Crippen molar-refractivity contribution in [1.29, 1.82) is 0 Å². The summed E-state index contributed by atoms with van der Waals surface area (Å²) in [6.07, 6.45) is -9.38. The monoisotopic (exact) mass is 544 g/mol. The van der Waals surface area contributed by atoms with Crippen LogP contribution >= 0.6 is 11.8 Å². The van der Waals surface area contributed by atoms with Crippen LogP contribution in [-0.2, 0) is 18.9 Å². The van der Waals surface area contributed by atoms with Crippen molar-refractivity contribution in [1.82, 2.24) is 9.55 Å². The third-order valence-electron chi connectivity index (χ3n) is 5.29. The van der Waals surface area contributed by atoms with E-state index in [-0.39, 0.29) is 29.3 Å². The zero-order chi connectivity index (χ0) is 27.5. The fraction of sp³-hybridized carbons (Fsp3) is 0.292. The van der Waals surface area contributed by atoms with Gasteiger partial charge in [0, 0.05) is 24.1 Å². The summed E-state index contributed by atoms with van der Waals surface area (Å²) in [6, 6.07) is 7.93. The van der Waals surface area contributed by atoms with Gasteiger partial charge in [0.1, 0.15) is 17.1 Å². The van der Waals surface area contributed by atoms with Crippen LogP contribution in [0.5, 0.6) is 0 Å². The molecule has 0 spiro atoms. The van der Waals surface area contributed by atoms with Crippen molar-refractivity contribution in [2.75, 3.05) is 23.4 Å². The van der Waals surface area contributed by atoms with Crippen LogP contribution in [0.1, 0.15) is 35.6 Å². The second-order valence-corrected chi connectivity index (χ2v) is 8.93. The van der Waals surface area contributed by atoms with Crippen molar-refractivity contribution in [3.63, 3.8) is 0 Å². The van der Waals surface area contributed by atoms with E-state index in [2.05, 4.69) is 15.6 Å². The Bertz CT molecular complexity index is 1350. The summed E-state index contributed by atoms with van der Waals surface area (Å²) in [5.41, 5.74) is -3.35. The zero-order valence-corrected chi connectivity index (χ0v) is 20.7. The van der Waals surface area contributed by atoms with Crippen molar-refractivity contribution in [3.8, 4) is 11.3 Å². The number of halogens is 6. The van der Waals surface area contributed by atoms with Gasteiger partial charge >= 0.3 is 12.4 Å². The van der Waals surface area contributed by atoms with Crippen molar-refractivity contribution < 1.29 is 31.1 Å². The summed E-state index contributed by atoms with van der Waals surface area (Å²) >= 11 is 1.24. The number of benzene rings is 1. The largest absolute Gasteiger partial charge is 0.431 e. The SMILES string of the molecule is CCSc1ccc(-c2ccc(C(F)(F)F)cc2)nc1C(=O)Nc1cc(C(F)(F)F)n(CC)c(=O)c1NC. The highest BCUT2D eigenvalue weighted by Gasteiger charge is 2.36. The molecule has 37 heavy (non-hydrogen) atoms. The van der Waals surface area contributed by atoms with Crippen LogP contribution in [0.15, 0.2) is 52.2 Å². The van der Waals surface area contributed by atoms with E-state index in [9.17, 15) is 35.9 Å². The number of rotatable bonds is 7. The number of pyridine rings is 2. The van der Waals surface area contributed by atoms with Gasteiger partial charge in [-0.25, -0.2) is 4.98 Å². The van der Waals surface area contributed by atoms with Crippen molar-refractivity contribution in [3.05, 3.63) is 69.8 Å². The van der Waals surface area contributed by atoms with Crippen molar-refractivity contribution in [2.24, 2.45) is 0 Å². The Morgan fingerprint density at radius 2 is 1.65 bits per heavy atom. The third-order valence-corrected chi connectivity index (χ3v) is 6.22. The van der Waals surface area contributed by atoms with Gasteiger partial charge in [0.25, 0.3) is 11.5 Å². The van der Waals surface area contributed by atoms with Crippen LogP contribution in [0, 0.1) is 0 Å². The maximum Gasteiger partial charge on any atom is 0.431 e. The molecule has 0 radical (unpaired) electrons. The Kier molecular flexibility index (Phi) is 8.25. The number of hydrogen-bond acceptors (Lipinski definition) is 5. The lowest BCUT2D eigenvalue weighted by Crippen LogP contribution is -2.31. The highest BCUT2D eigenvalue weighted by Crippen LogP contribution is 2.34. The lowest BCUT2D eigenvalue weighted by molar-refractivity contribution is -0.144. The molecule has 2 N–H and O–H groups in total. The average molecular weight is 545 g/mol. The quantitative estimate of drug-likeness (QED) is 0.267. The van der Waals surface area contributed by atoms with Gasteiger partial charge in [-0.15, -0.1) is 11.8 Å². The van der Waals surface area contributed by atoms with E-state index in [0.29, 0.717) is 26.8 Å². The summed E-state index contributed by atoms with van der Waals surface area (Å²) in [6.45, 7) is 2.96. The Balaban J connectivity index is 2.08. The molecule has 13 heteroatoms. The number of nitrogens with zero attached hydrogens (tertiary/aromatic N) is 2. The molecule has 3 aromatic rings. The summed E-state index contributed by atoms with van der Waals surface area (Å²) in [5.74, 6) is -0.350. The van der Waals surface area contributed by atoms with Crippen molar-refractivity contribution in [2.45, 2.75) is 37.6 Å². The Labute approximate surface area is 212 Å². The fourth-order valence-corrected chi connectivity index (χ4v) is 4.34. The molecule has 2 aromatic heterocycles. The highest BCUT2D eigenvalue weighted by atomic mass is 32.2. The first-order valence-electron chi connectivity index (χ1n) is 11.0. The van der Waals surface area contributed by atoms with E-state index in [4.69, 9.17) is 0 Å². The lowest BCUT2D eigenvalue weighted by atomic mass is 10.1. The van der Waals surface area contributed by atoms with Gasteiger partial charge in [-0.3, -0.25) is 9.59 Å². The molecule has 2 heterocycles. The van der Waals surface area contributed by atoms with Gasteiger partial charge in [-0.05, 0) is 43.0 Å². The van der Waals surface area contributed by atoms with Gasteiger partial charge in [0.15, 0.2) is 0 Å². The number of anilines is 2. The number of nitrogens with one attached hydrogen (secondary N) is 2. The molecule has 1 aromatic carbocycles. The maximum absolute atomic E-state index is 13.6. The van der Waals surface area contributed by atoms with E-state index in [1.165, 1.54) is 43.9 Å². The van der Waals surface area contributed by atoms with Crippen LogP contribution in [0.3, 0.4) is 0 Å². The normalized spacial score (nSPS) is 11.9. The van der Waals surface area contributed by atoms with E-state index < -0.39 is 35.1 Å². The minimum Gasteiger partial charge on any atom is -0.382 e. The summed E-state index contributed by atoms with van der Waals surface area (Å²) in [5, 5.41) is 4.89. The van der Waals surface area contributed by atoms with Gasteiger partial charge in [-0.2, -0.15) is 26.3 Å².